The number of nitrogens with two attached hydrogens (primary N) is 1. The first-order valence-corrected chi connectivity index (χ1v) is 11.9. The van der Waals surface area contributed by atoms with E-state index in [4.69, 9.17) is 15.2 Å². The fraction of sp³-hybridized carbons (Fsp3) is 0.385. The largest absolute Gasteiger partial charge is 0.462 e. The second kappa shape index (κ2) is 11.4. The second-order valence-electron chi connectivity index (χ2n) is 8.98. The Balaban J connectivity index is 1.57. The van der Waals surface area contributed by atoms with E-state index in [1.54, 1.807) is 37.4 Å². The molecule has 1 saturated heterocycles. The number of aliphatic hydroxyl groups is 4. The summed E-state index contributed by atoms with van der Waals surface area (Å²) in [5.41, 5.74) is 7.38. The van der Waals surface area contributed by atoms with Crippen LogP contribution in [0.15, 0.2) is 53.5 Å². The van der Waals surface area contributed by atoms with Gasteiger partial charge in [0.25, 0.3) is 5.56 Å². The molecule has 37 heavy (non-hydrogen) atoms. The molecule has 1 aliphatic heterocycles. The molecule has 1 aromatic heterocycles. The summed E-state index contributed by atoms with van der Waals surface area (Å²) in [4.78, 5) is 25.1. The van der Waals surface area contributed by atoms with E-state index >= 15 is 0 Å². The van der Waals surface area contributed by atoms with E-state index in [-0.39, 0.29) is 18.0 Å². The number of aromatic nitrogens is 1. The quantitative estimate of drug-likeness (QED) is 0.226. The van der Waals surface area contributed by atoms with Gasteiger partial charge in [0.2, 0.25) is 12.2 Å². The normalized spacial score (nSPS) is 23.7. The van der Waals surface area contributed by atoms with Gasteiger partial charge in [-0.05, 0) is 53.3 Å². The molecule has 0 bridgehead atoms. The zero-order chi connectivity index (χ0) is 26.7. The van der Waals surface area contributed by atoms with Gasteiger partial charge in [-0.3, -0.25) is 9.59 Å². The molecule has 0 radical (unpaired) electrons. The van der Waals surface area contributed by atoms with Gasteiger partial charge >= 0.3 is 0 Å². The highest BCUT2D eigenvalue weighted by Crippen LogP contribution is 2.30. The number of nitrogens with one attached hydrogen (secondary N) is 1. The number of nitrogens with zero attached hydrogens (tertiary/aromatic N) is 1. The smallest absolute Gasteiger partial charge is 0.258 e. The monoisotopic (exact) mass is 513 g/mol. The number of fused-ring (bicyclic) bond motifs is 1. The number of hydrogen-bond donors (Lipinski definition) is 6. The number of hydrogen-bond acceptors (Lipinski definition) is 9. The summed E-state index contributed by atoms with van der Waals surface area (Å²) in [6, 6.07) is 12.5. The van der Waals surface area contributed by atoms with Gasteiger partial charge < -0.3 is 45.5 Å². The third-order valence-corrected chi connectivity index (χ3v) is 6.36. The van der Waals surface area contributed by atoms with E-state index in [0.29, 0.717) is 29.8 Å². The van der Waals surface area contributed by atoms with Crippen LogP contribution < -0.4 is 21.3 Å². The molecular weight excluding hydrogens is 482 g/mol. The summed E-state index contributed by atoms with van der Waals surface area (Å²) in [7, 11) is 0. The molecule has 2 heterocycles. The van der Waals surface area contributed by atoms with Gasteiger partial charge in [0.1, 0.15) is 36.7 Å². The standard InChI is InChI=1S/C26H31N3O8/c1-14-10-16(4-5-19(14)36-26-24(34)23(33)22(32)20(13-30)37-26)17-3-2-15-6-9-29(25(35)18(15)11-17)12-21(31)28-8-7-27/h2-6,9-11,20,22-24,26,30,32-34H,7-8,12-13,27H2,1H3,(H,28,31)/t20-,22?,23?,24+,26-/m0/s1. The summed E-state index contributed by atoms with van der Waals surface area (Å²) in [6.45, 7) is 1.78. The fourth-order valence-corrected chi connectivity index (χ4v) is 4.26. The van der Waals surface area contributed by atoms with Crippen LogP contribution >= 0.6 is 0 Å². The lowest BCUT2D eigenvalue weighted by Gasteiger charge is -2.39. The van der Waals surface area contributed by atoms with Crippen LogP contribution in [-0.2, 0) is 16.1 Å². The molecule has 4 rings (SSSR count). The number of rotatable bonds is 8. The van der Waals surface area contributed by atoms with Crippen LogP contribution in [0.25, 0.3) is 21.9 Å². The first-order valence-electron chi connectivity index (χ1n) is 11.9. The lowest BCUT2D eigenvalue weighted by Crippen LogP contribution is -2.60. The third kappa shape index (κ3) is 5.67. The van der Waals surface area contributed by atoms with Crippen molar-refractivity contribution < 1.29 is 34.7 Å². The number of aliphatic hydroxyl groups excluding tert-OH is 4. The van der Waals surface area contributed by atoms with Gasteiger partial charge in [0.15, 0.2) is 0 Å². The number of benzene rings is 2. The first kappa shape index (κ1) is 26.7. The minimum Gasteiger partial charge on any atom is -0.462 e. The zero-order valence-corrected chi connectivity index (χ0v) is 20.3. The highest BCUT2D eigenvalue weighted by atomic mass is 16.7. The zero-order valence-electron chi connectivity index (χ0n) is 20.3. The number of carbonyl (C=O) groups excluding carboxylic acids is 1. The average molecular weight is 514 g/mol. The van der Waals surface area contributed by atoms with Gasteiger partial charge in [-0.25, -0.2) is 0 Å². The molecule has 3 aromatic rings. The van der Waals surface area contributed by atoms with Gasteiger partial charge in [0, 0.05) is 24.7 Å². The predicted octanol–water partition coefficient (Wildman–Crippen LogP) is -0.769. The van der Waals surface area contributed by atoms with Crippen LogP contribution in [0.1, 0.15) is 5.56 Å². The van der Waals surface area contributed by atoms with Crippen molar-refractivity contribution in [2.24, 2.45) is 5.73 Å². The van der Waals surface area contributed by atoms with Crippen molar-refractivity contribution in [2.45, 2.75) is 44.2 Å². The molecule has 1 amide bonds. The SMILES string of the molecule is Cc1cc(-c2ccc3ccn(CC(=O)NCCN)c(=O)c3c2)ccc1O[C@H]1O[C@@H](CO)C(O)C(O)[C@H]1O. The topological polar surface area (TPSA) is 176 Å². The Morgan fingerprint density at radius 1 is 1.08 bits per heavy atom. The average Bonchev–Trinajstić information content (AvgIpc) is 2.90. The Hall–Kier alpha value is -3.32. The van der Waals surface area contributed by atoms with Crippen LogP contribution in [0.3, 0.4) is 0 Å². The van der Waals surface area contributed by atoms with Crippen molar-refractivity contribution in [3.8, 4) is 16.9 Å². The maximum absolute atomic E-state index is 13.0. The lowest BCUT2D eigenvalue weighted by molar-refractivity contribution is -0.277. The molecule has 2 unspecified atom stereocenters. The third-order valence-electron chi connectivity index (χ3n) is 6.36. The number of pyridine rings is 1. The van der Waals surface area contributed by atoms with Crippen LogP contribution in [0.2, 0.25) is 0 Å². The van der Waals surface area contributed by atoms with E-state index in [0.717, 1.165) is 16.5 Å². The van der Waals surface area contributed by atoms with Crippen LogP contribution in [0.4, 0.5) is 0 Å². The van der Waals surface area contributed by atoms with Gasteiger partial charge in [-0.15, -0.1) is 0 Å². The number of amides is 1. The predicted molar refractivity (Wildman–Crippen MR) is 135 cm³/mol. The summed E-state index contributed by atoms with van der Waals surface area (Å²) in [5.74, 6) is 0.0772. The fourth-order valence-electron chi connectivity index (χ4n) is 4.26. The first-order chi connectivity index (χ1) is 17.7. The summed E-state index contributed by atoms with van der Waals surface area (Å²) in [5, 5.41) is 43.4. The van der Waals surface area contributed by atoms with E-state index in [9.17, 15) is 30.0 Å². The van der Waals surface area contributed by atoms with Gasteiger partial charge in [0.05, 0.1) is 6.61 Å². The minimum absolute atomic E-state index is 0.109. The Morgan fingerprint density at radius 3 is 2.51 bits per heavy atom. The molecule has 2 aromatic carbocycles. The Morgan fingerprint density at radius 2 is 1.81 bits per heavy atom. The molecule has 7 N–H and O–H groups in total. The van der Waals surface area contributed by atoms with Crippen LogP contribution in [-0.4, -0.2) is 81.3 Å². The van der Waals surface area contributed by atoms with E-state index < -0.39 is 37.3 Å². The second-order valence-corrected chi connectivity index (χ2v) is 8.98. The summed E-state index contributed by atoms with van der Waals surface area (Å²) in [6.07, 6.45) is -5.30. The Kier molecular flexibility index (Phi) is 8.22. The molecule has 0 aliphatic carbocycles. The highest BCUT2D eigenvalue weighted by Gasteiger charge is 2.44. The van der Waals surface area contributed by atoms with Crippen molar-refractivity contribution >= 4 is 16.7 Å². The van der Waals surface area contributed by atoms with E-state index in [1.165, 1.54) is 4.57 Å². The highest BCUT2D eigenvalue weighted by molar-refractivity contribution is 5.87. The maximum Gasteiger partial charge on any atom is 0.258 e. The Labute approximate surface area is 212 Å². The van der Waals surface area contributed by atoms with Crippen molar-refractivity contribution in [1.82, 2.24) is 9.88 Å². The van der Waals surface area contributed by atoms with E-state index in [2.05, 4.69) is 5.32 Å². The maximum atomic E-state index is 13.0. The van der Waals surface area contributed by atoms with Gasteiger partial charge in [-0.2, -0.15) is 0 Å². The molecule has 0 spiro atoms. The van der Waals surface area contributed by atoms with Crippen molar-refractivity contribution in [2.75, 3.05) is 19.7 Å². The molecule has 5 atom stereocenters. The minimum atomic E-state index is -1.54. The molecule has 11 heteroatoms. The Bertz CT molecular complexity index is 1320. The van der Waals surface area contributed by atoms with Crippen molar-refractivity contribution in [3.05, 3.63) is 64.6 Å². The summed E-state index contributed by atoms with van der Waals surface area (Å²) >= 11 is 0. The van der Waals surface area contributed by atoms with Crippen molar-refractivity contribution in [1.29, 1.82) is 0 Å². The molecule has 1 fully saturated rings. The van der Waals surface area contributed by atoms with Crippen molar-refractivity contribution in [3.63, 3.8) is 0 Å². The van der Waals surface area contributed by atoms with Gasteiger partial charge in [-0.1, -0.05) is 18.2 Å². The molecule has 0 saturated carbocycles. The molecule has 11 nitrogen and oxygen atoms in total. The van der Waals surface area contributed by atoms with Crippen LogP contribution in [0, 0.1) is 6.92 Å². The number of carbonyl (C=O) groups is 1. The summed E-state index contributed by atoms with van der Waals surface area (Å²) < 4.78 is 12.5. The number of aryl methyl sites for hydroxylation is 1. The molecule has 198 valence electrons. The lowest BCUT2D eigenvalue weighted by atomic mass is 9.99. The van der Waals surface area contributed by atoms with Crippen LogP contribution in [0.5, 0.6) is 5.75 Å². The molecule has 1 aliphatic rings. The van der Waals surface area contributed by atoms with E-state index in [1.807, 2.05) is 18.2 Å². The molecular formula is C26H31N3O8. The number of ether oxygens (including phenoxy) is 2.